The van der Waals surface area contributed by atoms with Gasteiger partial charge < -0.3 is 19.3 Å². The Bertz CT molecular complexity index is 1200. The number of methoxy groups -OCH3 is 1. The van der Waals surface area contributed by atoms with Gasteiger partial charge in [0.05, 0.1) is 20.3 Å². The molecule has 0 amide bonds. The van der Waals surface area contributed by atoms with Crippen LogP contribution in [-0.2, 0) is 11.2 Å². The number of hydrogen-bond donors (Lipinski definition) is 0. The van der Waals surface area contributed by atoms with Gasteiger partial charge in [-0.15, -0.1) is 0 Å². The van der Waals surface area contributed by atoms with E-state index >= 15 is 0 Å². The van der Waals surface area contributed by atoms with Gasteiger partial charge in [0.2, 0.25) is 0 Å². The van der Waals surface area contributed by atoms with E-state index in [1.807, 2.05) is 0 Å². The average Bonchev–Trinajstić information content (AvgIpc) is 2.97. The first-order valence-corrected chi connectivity index (χ1v) is 13.5. The summed E-state index contributed by atoms with van der Waals surface area (Å²) in [6.45, 7) is 5.90. The zero-order valence-electron chi connectivity index (χ0n) is 21.3. The molecule has 36 heavy (non-hydrogen) atoms. The van der Waals surface area contributed by atoms with Gasteiger partial charge in [0.25, 0.3) is 0 Å². The molecule has 2 fully saturated rings. The van der Waals surface area contributed by atoms with Crippen molar-refractivity contribution in [3.63, 3.8) is 0 Å². The molecular weight excluding hydrogens is 444 g/mol. The molecule has 0 N–H and O–H groups in total. The Hall–Kier alpha value is -3.24. The molecule has 1 unspecified atom stereocenters. The summed E-state index contributed by atoms with van der Waals surface area (Å²) in [6, 6.07) is 24.9. The Morgan fingerprint density at radius 2 is 1.44 bits per heavy atom. The van der Waals surface area contributed by atoms with E-state index in [0.29, 0.717) is 5.92 Å². The molecule has 2 saturated heterocycles. The van der Waals surface area contributed by atoms with E-state index in [2.05, 4.69) is 82.6 Å². The molecule has 0 radical (unpaired) electrons. The van der Waals surface area contributed by atoms with Gasteiger partial charge in [0.1, 0.15) is 5.75 Å². The summed E-state index contributed by atoms with van der Waals surface area (Å²) in [5.74, 6) is 1.24. The van der Waals surface area contributed by atoms with Gasteiger partial charge >= 0.3 is 0 Å². The number of nitrogens with zero attached hydrogens (tertiary/aromatic N) is 2. The number of morpholine rings is 1. The number of ether oxygens (including phenoxy) is 2. The third-order valence-electron chi connectivity index (χ3n) is 8.01. The zero-order valence-corrected chi connectivity index (χ0v) is 21.3. The molecular formula is C32H36N2O2. The van der Waals surface area contributed by atoms with Crippen molar-refractivity contribution in [3.05, 3.63) is 95.1 Å². The molecule has 4 heteroatoms. The van der Waals surface area contributed by atoms with Gasteiger partial charge in [-0.1, -0.05) is 36.4 Å². The van der Waals surface area contributed by atoms with Gasteiger partial charge in [-0.2, -0.15) is 0 Å². The molecule has 0 saturated carbocycles. The predicted octanol–water partition coefficient (Wildman–Crippen LogP) is 6.29. The van der Waals surface area contributed by atoms with Crippen molar-refractivity contribution in [2.45, 2.75) is 31.6 Å². The lowest BCUT2D eigenvalue weighted by Crippen LogP contribution is -2.36. The normalized spacial score (nSPS) is 20.0. The monoisotopic (exact) mass is 480 g/mol. The molecule has 3 aromatic carbocycles. The van der Waals surface area contributed by atoms with Gasteiger partial charge in [0.15, 0.2) is 0 Å². The van der Waals surface area contributed by atoms with Gasteiger partial charge in [-0.3, -0.25) is 0 Å². The van der Waals surface area contributed by atoms with Crippen LogP contribution in [0.5, 0.6) is 5.75 Å². The van der Waals surface area contributed by atoms with E-state index in [4.69, 9.17) is 9.47 Å². The molecule has 0 spiro atoms. The number of anilines is 2. The van der Waals surface area contributed by atoms with E-state index in [1.165, 1.54) is 71.6 Å². The quantitative estimate of drug-likeness (QED) is 0.428. The number of allylic oxidation sites excluding steroid dienone is 1. The van der Waals surface area contributed by atoms with E-state index in [1.54, 1.807) is 7.11 Å². The highest BCUT2D eigenvalue weighted by Crippen LogP contribution is 2.40. The Balaban J connectivity index is 1.35. The van der Waals surface area contributed by atoms with Crippen molar-refractivity contribution in [2.75, 3.05) is 56.3 Å². The van der Waals surface area contributed by atoms with Crippen molar-refractivity contribution in [1.82, 2.24) is 0 Å². The molecule has 3 aliphatic rings. The summed E-state index contributed by atoms with van der Waals surface area (Å²) in [7, 11) is 1.72. The van der Waals surface area contributed by atoms with E-state index < -0.39 is 0 Å². The maximum absolute atomic E-state index is 5.59. The zero-order chi connectivity index (χ0) is 24.3. The smallest absolute Gasteiger partial charge is 0.118 e. The minimum atomic E-state index is 0.352. The summed E-state index contributed by atoms with van der Waals surface area (Å²) in [5, 5.41) is 0. The molecule has 186 valence electrons. The van der Waals surface area contributed by atoms with Gasteiger partial charge in [-0.25, -0.2) is 0 Å². The first kappa shape index (κ1) is 23.2. The van der Waals surface area contributed by atoms with Crippen LogP contribution in [-0.4, -0.2) is 46.5 Å². The highest BCUT2D eigenvalue weighted by Gasteiger charge is 2.24. The summed E-state index contributed by atoms with van der Waals surface area (Å²) in [5.41, 5.74) is 9.40. The number of piperidine rings is 1. The Morgan fingerprint density at radius 3 is 2.17 bits per heavy atom. The van der Waals surface area contributed by atoms with Crippen LogP contribution in [0.3, 0.4) is 0 Å². The first-order valence-electron chi connectivity index (χ1n) is 13.5. The molecule has 6 rings (SSSR count). The lowest BCUT2D eigenvalue weighted by molar-refractivity contribution is 0.122. The second kappa shape index (κ2) is 10.4. The molecule has 4 nitrogen and oxygen atoms in total. The third kappa shape index (κ3) is 4.75. The third-order valence-corrected chi connectivity index (χ3v) is 8.01. The highest BCUT2D eigenvalue weighted by molar-refractivity contribution is 5.84. The Kier molecular flexibility index (Phi) is 6.69. The van der Waals surface area contributed by atoms with Gasteiger partial charge in [0, 0.05) is 43.5 Å². The minimum Gasteiger partial charge on any atom is -0.497 e. The fourth-order valence-electron chi connectivity index (χ4n) is 5.94. The van der Waals surface area contributed by atoms with Crippen LogP contribution in [0.1, 0.15) is 47.4 Å². The fraction of sp³-hybridized carbons (Fsp3) is 0.375. The largest absolute Gasteiger partial charge is 0.497 e. The van der Waals surface area contributed by atoms with Crippen molar-refractivity contribution in [3.8, 4) is 5.75 Å². The van der Waals surface area contributed by atoms with E-state index in [0.717, 1.165) is 38.5 Å². The summed E-state index contributed by atoms with van der Waals surface area (Å²) >= 11 is 0. The molecule has 1 aliphatic carbocycles. The number of hydrogen-bond acceptors (Lipinski definition) is 4. The topological polar surface area (TPSA) is 24.9 Å². The molecule has 0 bridgehead atoms. The lowest BCUT2D eigenvalue weighted by Gasteiger charge is -2.32. The number of rotatable bonds is 5. The lowest BCUT2D eigenvalue weighted by atomic mass is 9.79. The van der Waals surface area contributed by atoms with Crippen LogP contribution < -0.4 is 14.5 Å². The average molecular weight is 481 g/mol. The molecule has 3 aromatic rings. The Labute approximate surface area is 215 Å². The Morgan fingerprint density at radius 1 is 0.750 bits per heavy atom. The van der Waals surface area contributed by atoms with Crippen LogP contribution >= 0.6 is 0 Å². The molecule has 2 aliphatic heterocycles. The van der Waals surface area contributed by atoms with Crippen LogP contribution in [0.2, 0.25) is 0 Å². The van der Waals surface area contributed by atoms with Gasteiger partial charge in [-0.05, 0) is 89.9 Å². The SMILES string of the molecule is COc1ccc(C2=CC(c3ccc(N4CCCCC4)cc3)Cc3cc(N4CCOCC4)ccc32)cc1. The first-order chi connectivity index (χ1) is 17.8. The van der Waals surface area contributed by atoms with Crippen LogP contribution in [0.4, 0.5) is 11.4 Å². The molecule has 2 heterocycles. The van der Waals surface area contributed by atoms with Crippen LogP contribution in [0.15, 0.2) is 72.8 Å². The summed E-state index contributed by atoms with van der Waals surface area (Å²) < 4.78 is 11.0. The molecule has 1 atom stereocenters. The fourth-order valence-corrected chi connectivity index (χ4v) is 5.94. The van der Waals surface area contributed by atoms with Crippen LogP contribution in [0, 0.1) is 0 Å². The van der Waals surface area contributed by atoms with Crippen LogP contribution in [0.25, 0.3) is 5.57 Å². The maximum atomic E-state index is 5.59. The van der Waals surface area contributed by atoms with Crippen molar-refractivity contribution >= 4 is 16.9 Å². The van der Waals surface area contributed by atoms with Crippen molar-refractivity contribution < 1.29 is 9.47 Å². The summed E-state index contributed by atoms with van der Waals surface area (Å²) in [4.78, 5) is 4.99. The minimum absolute atomic E-state index is 0.352. The number of benzene rings is 3. The predicted molar refractivity (Wildman–Crippen MR) is 148 cm³/mol. The molecule has 0 aromatic heterocycles. The van der Waals surface area contributed by atoms with E-state index in [9.17, 15) is 0 Å². The number of fused-ring (bicyclic) bond motifs is 1. The van der Waals surface area contributed by atoms with E-state index in [-0.39, 0.29) is 0 Å². The standard InChI is InChI=1S/C32H36N2O2/c1-35-30-12-7-25(8-13-30)32-23-26(24-5-9-28(10-6-24)33-15-3-2-4-16-33)21-27-22-29(11-14-31(27)32)34-17-19-36-20-18-34/h5-14,22-23,26H,2-4,15-21H2,1H3. The maximum Gasteiger partial charge on any atom is 0.118 e. The highest BCUT2D eigenvalue weighted by atomic mass is 16.5. The van der Waals surface area contributed by atoms with Crippen molar-refractivity contribution in [2.24, 2.45) is 0 Å². The summed E-state index contributed by atoms with van der Waals surface area (Å²) in [6.07, 6.45) is 7.48. The second-order valence-electron chi connectivity index (χ2n) is 10.2. The second-order valence-corrected chi connectivity index (χ2v) is 10.2. The van der Waals surface area contributed by atoms with Crippen molar-refractivity contribution in [1.29, 1.82) is 0 Å².